The fourth-order valence-corrected chi connectivity index (χ4v) is 2.77. The Labute approximate surface area is 124 Å². The summed E-state index contributed by atoms with van der Waals surface area (Å²) in [6.45, 7) is 8.14. The molecule has 0 spiro atoms. The van der Waals surface area contributed by atoms with Crippen molar-refractivity contribution < 1.29 is 4.74 Å². The Balaban J connectivity index is 1.83. The van der Waals surface area contributed by atoms with Crippen molar-refractivity contribution in [3.05, 3.63) is 34.3 Å². The molecule has 0 radical (unpaired) electrons. The van der Waals surface area contributed by atoms with E-state index in [1.165, 1.54) is 5.56 Å². The highest BCUT2D eigenvalue weighted by Crippen LogP contribution is 2.20. The molecule has 1 atom stereocenters. The molecule has 1 aromatic rings. The normalized spacial score (nSPS) is 21.3. The Morgan fingerprint density at radius 3 is 2.68 bits per heavy atom. The van der Waals surface area contributed by atoms with Crippen molar-refractivity contribution in [2.45, 2.75) is 31.9 Å². The van der Waals surface area contributed by atoms with E-state index in [2.05, 4.69) is 46.8 Å². The molecule has 2 N–H and O–H groups in total. The molecule has 4 heteroatoms. The Kier molecular flexibility index (Phi) is 5.01. The summed E-state index contributed by atoms with van der Waals surface area (Å²) in [7, 11) is 0. The molecule has 0 saturated carbocycles. The minimum atomic E-state index is -0.0278. The maximum atomic E-state index is 6.26. The number of ether oxygens (including phenoxy) is 1. The van der Waals surface area contributed by atoms with E-state index >= 15 is 0 Å². The molecule has 1 aliphatic heterocycles. The molecule has 0 aromatic heterocycles. The second-order valence-corrected chi connectivity index (χ2v) is 6.75. The highest BCUT2D eigenvalue weighted by atomic mass is 79.9. The number of nitrogens with zero attached hydrogens (tertiary/aromatic N) is 1. The molecular weight excluding hydrogens is 304 g/mol. The van der Waals surface area contributed by atoms with E-state index in [4.69, 9.17) is 10.5 Å². The van der Waals surface area contributed by atoms with Crippen LogP contribution in [0, 0.1) is 0 Å². The van der Waals surface area contributed by atoms with Gasteiger partial charge in [-0.2, -0.15) is 0 Å². The topological polar surface area (TPSA) is 38.5 Å². The molecule has 1 aliphatic rings. The van der Waals surface area contributed by atoms with Crippen LogP contribution in [0.25, 0.3) is 0 Å². The molecule has 1 heterocycles. The van der Waals surface area contributed by atoms with Crippen molar-refractivity contribution in [2.75, 3.05) is 26.2 Å². The highest BCUT2D eigenvalue weighted by molar-refractivity contribution is 9.10. The molecule has 1 fully saturated rings. The third kappa shape index (κ3) is 4.56. The third-order valence-electron chi connectivity index (χ3n) is 3.56. The van der Waals surface area contributed by atoms with Crippen molar-refractivity contribution in [1.29, 1.82) is 0 Å². The summed E-state index contributed by atoms with van der Waals surface area (Å²) in [4.78, 5) is 2.45. The Morgan fingerprint density at radius 1 is 1.37 bits per heavy atom. The second-order valence-electron chi connectivity index (χ2n) is 5.83. The van der Waals surface area contributed by atoms with Gasteiger partial charge in [-0.05, 0) is 38.0 Å². The minimum Gasteiger partial charge on any atom is -0.373 e. The van der Waals surface area contributed by atoms with Crippen molar-refractivity contribution in [2.24, 2.45) is 5.73 Å². The predicted molar refractivity (Wildman–Crippen MR) is 82.2 cm³/mol. The van der Waals surface area contributed by atoms with Crippen LogP contribution in [0.5, 0.6) is 0 Å². The zero-order valence-electron chi connectivity index (χ0n) is 11.7. The fourth-order valence-electron chi connectivity index (χ4n) is 2.50. The van der Waals surface area contributed by atoms with Crippen molar-refractivity contribution in [3.8, 4) is 0 Å². The van der Waals surface area contributed by atoms with Crippen LogP contribution in [0.15, 0.2) is 28.7 Å². The summed E-state index contributed by atoms with van der Waals surface area (Å²) in [5.41, 5.74) is 7.43. The molecule has 106 valence electrons. The van der Waals surface area contributed by atoms with Crippen molar-refractivity contribution in [3.63, 3.8) is 0 Å². The van der Waals surface area contributed by atoms with E-state index in [9.17, 15) is 0 Å². The lowest BCUT2D eigenvalue weighted by Crippen LogP contribution is -2.48. The Bertz CT molecular complexity index is 405. The first-order chi connectivity index (χ1) is 8.96. The van der Waals surface area contributed by atoms with Gasteiger partial charge in [-0.15, -0.1) is 0 Å². The fraction of sp³-hybridized carbons (Fsp3) is 0.600. The number of morpholine rings is 1. The largest absolute Gasteiger partial charge is 0.373 e. The first-order valence-electron chi connectivity index (χ1n) is 6.84. The van der Waals surface area contributed by atoms with Gasteiger partial charge in [0.1, 0.15) is 0 Å². The van der Waals surface area contributed by atoms with E-state index in [-0.39, 0.29) is 11.6 Å². The molecular formula is C15H23BrN2O. The van der Waals surface area contributed by atoms with Crippen LogP contribution in [0.1, 0.15) is 31.9 Å². The minimum absolute atomic E-state index is 0.0278. The van der Waals surface area contributed by atoms with Gasteiger partial charge in [-0.25, -0.2) is 0 Å². The van der Waals surface area contributed by atoms with Crippen LogP contribution < -0.4 is 5.73 Å². The quantitative estimate of drug-likeness (QED) is 0.924. The van der Waals surface area contributed by atoms with Crippen LogP contribution >= 0.6 is 15.9 Å². The maximum absolute atomic E-state index is 6.26. The monoisotopic (exact) mass is 326 g/mol. The van der Waals surface area contributed by atoms with Gasteiger partial charge in [0.2, 0.25) is 0 Å². The number of hydrogen-bond donors (Lipinski definition) is 1. The van der Waals surface area contributed by atoms with E-state index in [1.807, 2.05) is 12.1 Å². The molecule has 0 bridgehead atoms. The number of benzene rings is 1. The van der Waals surface area contributed by atoms with Crippen LogP contribution in [-0.4, -0.2) is 36.7 Å². The average Bonchev–Trinajstić information content (AvgIpc) is 2.36. The van der Waals surface area contributed by atoms with Gasteiger partial charge in [0.05, 0.1) is 12.2 Å². The average molecular weight is 327 g/mol. The standard InChI is InChI=1S/C15H23BrN2O/c1-15(2)11-18(9-10-19-15)8-7-14(17)12-3-5-13(16)6-4-12/h3-6,14H,7-11,17H2,1-2H3. The molecule has 0 aliphatic carbocycles. The molecule has 1 unspecified atom stereocenters. The lowest BCUT2D eigenvalue weighted by Gasteiger charge is -2.38. The smallest absolute Gasteiger partial charge is 0.0753 e. The van der Waals surface area contributed by atoms with Crippen molar-refractivity contribution in [1.82, 2.24) is 4.90 Å². The third-order valence-corrected chi connectivity index (χ3v) is 4.09. The summed E-state index contributed by atoms with van der Waals surface area (Å²) in [6, 6.07) is 8.40. The summed E-state index contributed by atoms with van der Waals surface area (Å²) < 4.78 is 6.82. The van der Waals surface area contributed by atoms with E-state index < -0.39 is 0 Å². The lowest BCUT2D eigenvalue weighted by atomic mass is 10.0. The van der Waals surface area contributed by atoms with Gasteiger partial charge in [-0.3, -0.25) is 4.90 Å². The van der Waals surface area contributed by atoms with Crippen LogP contribution in [0.4, 0.5) is 0 Å². The number of hydrogen-bond acceptors (Lipinski definition) is 3. The van der Waals surface area contributed by atoms with E-state index in [0.717, 1.165) is 37.1 Å². The lowest BCUT2D eigenvalue weighted by molar-refractivity contribution is -0.0863. The van der Waals surface area contributed by atoms with E-state index in [1.54, 1.807) is 0 Å². The van der Waals surface area contributed by atoms with Crippen LogP contribution in [0.3, 0.4) is 0 Å². The van der Waals surface area contributed by atoms with Gasteiger partial charge in [0, 0.05) is 30.1 Å². The molecule has 1 aromatic carbocycles. The molecule has 1 saturated heterocycles. The zero-order chi connectivity index (χ0) is 13.9. The number of halogens is 1. The summed E-state index contributed by atoms with van der Waals surface area (Å²) in [6.07, 6.45) is 0.984. The van der Waals surface area contributed by atoms with E-state index in [0.29, 0.717) is 0 Å². The van der Waals surface area contributed by atoms with Gasteiger partial charge < -0.3 is 10.5 Å². The maximum Gasteiger partial charge on any atom is 0.0753 e. The van der Waals surface area contributed by atoms with Crippen LogP contribution in [-0.2, 0) is 4.74 Å². The molecule has 19 heavy (non-hydrogen) atoms. The molecule has 0 amide bonds. The van der Waals surface area contributed by atoms with Crippen LogP contribution in [0.2, 0.25) is 0 Å². The summed E-state index contributed by atoms with van der Waals surface area (Å²) in [5, 5.41) is 0. The Morgan fingerprint density at radius 2 is 2.05 bits per heavy atom. The van der Waals surface area contributed by atoms with Gasteiger partial charge in [0.15, 0.2) is 0 Å². The van der Waals surface area contributed by atoms with Gasteiger partial charge in [-0.1, -0.05) is 28.1 Å². The second kappa shape index (κ2) is 6.35. The highest BCUT2D eigenvalue weighted by Gasteiger charge is 2.27. The predicted octanol–water partition coefficient (Wildman–Crippen LogP) is 2.95. The van der Waals surface area contributed by atoms with Gasteiger partial charge in [0.25, 0.3) is 0 Å². The zero-order valence-corrected chi connectivity index (χ0v) is 13.3. The SMILES string of the molecule is CC1(C)CN(CCC(N)c2ccc(Br)cc2)CCO1. The first-order valence-corrected chi connectivity index (χ1v) is 7.63. The summed E-state index contributed by atoms with van der Waals surface area (Å²) >= 11 is 3.45. The molecule has 2 rings (SSSR count). The van der Waals surface area contributed by atoms with Crippen molar-refractivity contribution >= 4 is 15.9 Å². The summed E-state index contributed by atoms with van der Waals surface area (Å²) in [5.74, 6) is 0. The van der Waals surface area contributed by atoms with Gasteiger partial charge >= 0.3 is 0 Å². The number of rotatable bonds is 4. The molecule has 3 nitrogen and oxygen atoms in total. The number of nitrogens with two attached hydrogens (primary N) is 1. The Hall–Kier alpha value is -0.420. The first kappa shape index (κ1) is 15.0.